The van der Waals surface area contributed by atoms with Gasteiger partial charge in [-0.2, -0.15) is 5.10 Å². The quantitative estimate of drug-likeness (QED) is 0.274. The molecule has 0 saturated carbocycles. The van der Waals surface area contributed by atoms with Crippen LogP contribution in [-0.2, 0) is 0 Å². The number of nitro benzene ring substituents is 2. The number of hydrazone groups is 1. The molecule has 0 unspecified atom stereocenters. The lowest BCUT2D eigenvalue weighted by atomic mass is 10.2. The predicted molar refractivity (Wildman–Crippen MR) is 119 cm³/mol. The van der Waals surface area contributed by atoms with Crippen molar-refractivity contribution in [1.29, 1.82) is 0 Å². The van der Waals surface area contributed by atoms with Crippen LogP contribution in [0.3, 0.4) is 0 Å². The summed E-state index contributed by atoms with van der Waals surface area (Å²) < 4.78 is 24.1. The van der Waals surface area contributed by atoms with Gasteiger partial charge in [0.15, 0.2) is 11.5 Å². The molecule has 3 aromatic rings. The minimum absolute atomic E-state index is 0.131. The van der Waals surface area contributed by atoms with Gasteiger partial charge in [-0.15, -0.1) is 0 Å². The van der Waals surface area contributed by atoms with Gasteiger partial charge < -0.3 is 9.47 Å². The standard InChI is InChI=1S/C22H17FN4O7/c1-2-33-21-11-14(13-24-25-22(28)15-4-6-16(23)7-5-15)3-9-20(21)34-19-10-8-17(26(29)30)12-18(19)27(31)32/h3-13H,2H2,1H3,(H,25,28). The van der Waals surface area contributed by atoms with Crippen molar-refractivity contribution in [2.45, 2.75) is 6.92 Å². The van der Waals surface area contributed by atoms with Gasteiger partial charge in [0.05, 0.1) is 28.7 Å². The van der Waals surface area contributed by atoms with Gasteiger partial charge in [-0.25, -0.2) is 9.82 Å². The van der Waals surface area contributed by atoms with Crippen molar-refractivity contribution in [1.82, 2.24) is 5.43 Å². The number of benzene rings is 3. The first-order valence-corrected chi connectivity index (χ1v) is 9.75. The van der Waals surface area contributed by atoms with E-state index in [9.17, 15) is 29.4 Å². The fourth-order valence-electron chi connectivity index (χ4n) is 2.76. The summed E-state index contributed by atoms with van der Waals surface area (Å²) in [4.78, 5) is 32.8. The summed E-state index contributed by atoms with van der Waals surface area (Å²) in [6, 6.07) is 12.5. The van der Waals surface area contributed by atoms with Gasteiger partial charge >= 0.3 is 5.69 Å². The zero-order valence-corrected chi connectivity index (χ0v) is 17.6. The number of carbonyl (C=O) groups excluding carboxylic acids is 1. The highest BCUT2D eigenvalue weighted by molar-refractivity contribution is 5.94. The SMILES string of the molecule is CCOc1cc(C=NNC(=O)c2ccc(F)cc2)ccc1Oc1ccc([N+](=O)[O-])cc1[N+](=O)[O-]. The molecule has 0 aliphatic heterocycles. The van der Waals surface area contributed by atoms with Gasteiger partial charge in [0, 0.05) is 11.6 Å². The van der Waals surface area contributed by atoms with Crippen molar-refractivity contribution in [3.63, 3.8) is 0 Å². The number of nitro groups is 2. The highest BCUT2D eigenvalue weighted by Gasteiger charge is 2.22. The number of halogens is 1. The summed E-state index contributed by atoms with van der Waals surface area (Å²) in [7, 11) is 0. The Morgan fingerprint density at radius 1 is 1.00 bits per heavy atom. The van der Waals surface area contributed by atoms with Crippen LogP contribution in [-0.4, -0.2) is 28.6 Å². The molecule has 3 aromatic carbocycles. The van der Waals surface area contributed by atoms with Crippen molar-refractivity contribution in [2.24, 2.45) is 5.10 Å². The van der Waals surface area contributed by atoms with Crippen LogP contribution in [0.1, 0.15) is 22.8 Å². The Morgan fingerprint density at radius 2 is 1.71 bits per heavy atom. The van der Waals surface area contributed by atoms with Crippen molar-refractivity contribution >= 4 is 23.5 Å². The molecule has 0 spiro atoms. The first-order valence-electron chi connectivity index (χ1n) is 9.75. The number of carbonyl (C=O) groups is 1. The van der Waals surface area contributed by atoms with Crippen LogP contribution in [0.15, 0.2) is 65.8 Å². The number of rotatable bonds is 9. The first kappa shape index (κ1) is 23.8. The number of nitrogens with zero attached hydrogens (tertiary/aromatic N) is 3. The first-order chi connectivity index (χ1) is 16.3. The van der Waals surface area contributed by atoms with Crippen LogP contribution in [0, 0.1) is 26.0 Å². The second-order valence-corrected chi connectivity index (χ2v) is 6.61. The summed E-state index contributed by atoms with van der Waals surface area (Å²) in [5.41, 5.74) is 2.02. The second kappa shape index (κ2) is 10.6. The van der Waals surface area contributed by atoms with Gasteiger partial charge in [-0.1, -0.05) is 0 Å². The molecular weight excluding hydrogens is 451 g/mol. The van der Waals surface area contributed by atoms with Gasteiger partial charge in [0.1, 0.15) is 5.82 Å². The second-order valence-electron chi connectivity index (χ2n) is 6.61. The Kier molecular flexibility index (Phi) is 7.44. The Hall–Kier alpha value is -4.87. The van der Waals surface area contributed by atoms with E-state index in [2.05, 4.69) is 10.5 Å². The molecule has 12 heteroatoms. The minimum atomic E-state index is -0.784. The topological polar surface area (TPSA) is 146 Å². The smallest absolute Gasteiger partial charge is 0.318 e. The zero-order chi connectivity index (χ0) is 24.7. The van der Waals surface area contributed by atoms with Crippen molar-refractivity contribution in [3.05, 3.63) is 97.8 Å². The number of hydrogen-bond donors (Lipinski definition) is 1. The van der Waals surface area contributed by atoms with E-state index in [0.29, 0.717) is 5.56 Å². The summed E-state index contributed by atoms with van der Waals surface area (Å²) in [6.07, 6.45) is 1.34. The number of nitrogens with one attached hydrogen (secondary N) is 1. The van der Waals surface area contributed by atoms with Crippen molar-refractivity contribution in [3.8, 4) is 17.2 Å². The molecular formula is C22H17FN4O7. The highest BCUT2D eigenvalue weighted by atomic mass is 19.1. The number of hydrogen-bond acceptors (Lipinski definition) is 8. The maximum atomic E-state index is 13.0. The lowest BCUT2D eigenvalue weighted by Crippen LogP contribution is -2.17. The van der Waals surface area contributed by atoms with Gasteiger partial charge in [0.25, 0.3) is 11.6 Å². The molecule has 11 nitrogen and oxygen atoms in total. The molecule has 1 amide bonds. The van der Waals surface area contributed by atoms with Gasteiger partial charge in [-0.05, 0) is 61.0 Å². The number of amides is 1. The van der Waals surface area contributed by atoms with E-state index in [1.54, 1.807) is 13.0 Å². The molecule has 0 bridgehead atoms. The van der Waals surface area contributed by atoms with Crippen LogP contribution in [0.2, 0.25) is 0 Å². The van der Waals surface area contributed by atoms with E-state index in [-0.39, 0.29) is 29.4 Å². The third-order valence-electron chi connectivity index (χ3n) is 4.32. The molecule has 0 aliphatic carbocycles. The summed E-state index contributed by atoms with van der Waals surface area (Å²) in [5.74, 6) is -0.851. The van der Waals surface area contributed by atoms with Crippen molar-refractivity contribution < 1.29 is 28.5 Å². The van der Waals surface area contributed by atoms with Crippen LogP contribution < -0.4 is 14.9 Å². The van der Waals surface area contributed by atoms with Crippen LogP contribution in [0.4, 0.5) is 15.8 Å². The van der Waals surface area contributed by atoms with Gasteiger partial charge in [0.2, 0.25) is 5.75 Å². The monoisotopic (exact) mass is 468 g/mol. The molecule has 0 aliphatic rings. The molecule has 34 heavy (non-hydrogen) atoms. The molecule has 3 rings (SSSR count). The molecule has 0 saturated heterocycles. The summed E-state index contributed by atoms with van der Waals surface area (Å²) >= 11 is 0. The number of non-ortho nitro benzene ring substituents is 1. The third kappa shape index (κ3) is 5.88. The van der Waals surface area contributed by atoms with Crippen LogP contribution >= 0.6 is 0 Å². The molecule has 0 fully saturated rings. The molecule has 0 heterocycles. The van der Waals surface area contributed by atoms with Crippen molar-refractivity contribution in [2.75, 3.05) is 6.61 Å². The predicted octanol–water partition coefficient (Wildman–Crippen LogP) is 4.60. The Bertz CT molecular complexity index is 1260. The molecule has 0 atom stereocenters. The molecule has 174 valence electrons. The average molecular weight is 468 g/mol. The Labute approximate surface area is 191 Å². The fourth-order valence-corrected chi connectivity index (χ4v) is 2.76. The molecule has 0 radical (unpaired) electrons. The van der Waals surface area contributed by atoms with Crippen LogP contribution in [0.25, 0.3) is 0 Å². The summed E-state index contributed by atoms with van der Waals surface area (Å²) in [5, 5.41) is 26.1. The van der Waals surface area contributed by atoms with E-state index < -0.39 is 32.9 Å². The average Bonchev–Trinajstić information content (AvgIpc) is 2.81. The lowest BCUT2D eigenvalue weighted by Gasteiger charge is -2.12. The fraction of sp³-hybridized carbons (Fsp3) is 0.0909. The van der Waals surface area contributed by atoms with E-state index >= 15 is 0 Å². The normalized spacial score (nSPS) is 10.6. The minimum Gasteiger partial charge on any atom is -0.490 e. The van der Waals surface area contributed by atoms with E-state index in [1.165, 1.54) is 30.5 Å². The maximum absolute atomic E-state index is 13.0. The molecule has 1 N–H and O–H groups in total. The third-order valence-corrected chi connectivity index (χ3v) is 4.32. The van der Waals surface area contributed by atoms with E-state index in [0.717, 1.165) is 30.3 Å². The van der Waals surface area contributed by atoms with Crippen LogP contribution in [0.5, 0.6) is 17.2 Å². The lowest BCUT2D eigenvalue weighted by molar-refractivity contribution is -0.394. The Balaban J connectivity index is 1.80. The zero-order valence-electron chi connectivity index (χ0n) is 17.6. The largest absolute Gasteiger partial charge is 0.490 e. The maximum Gasteiger partial charge on any atom is 0.318 e. The summed E-state index contributed by atoms with van der Waals surface area (Å²) in [6.45, 7) is 1.97. The number of ether oxygens (including phenoxy) is 2. The van der Waals surface area contributed by atoms with Gasteiger partial charge in [-0.3, -0.25) is 25.0 Å². The van der Waals surface area contributed by atoms with E-state index in [1.807, 2.05) is 0 Å². The molecule has 0 aromatic heterocycles. The highest BCUT2D eigenvalue weighted by Crippen LogP contribution is 2.38. The van der Waals surface area contributed by atoms with E-state index in [4.69, 9.17) is 9.47 Å². The Morgan fingerprint density at radius 3 is 2.35 bits per heavy atom.